The third-order valence-electron chi connectivity index (χ3n) is 4.32. The molecular weight excluding hydrogens is 356 g/mol. The van der Waals surface area contributed by atoms with Crippen LogP contribution in [0.1, 0.15) is 36.8 Å². The average Bonchev–Trinajstić information content (AvgIpc) is 3.09. The number of nitrogens with one attached hydrogen (secondary N) is 1. The summed E-state index contributed by atoms with van der Waals surface area (Å²) in [4.78, 5) is 12.3. The minimum absolute atomic E-state index is 0.00776. The van der Waals surface area contributed by atoms with Crippen molar-refractivity contribution in [2.24, 2.45) is 0 Å². The number of amides is 1. The van der Waals surface area contributed by atoms with Crippen molar-refractivity contribution in [1.29, 1.82) is 0 Å². The Morgan fingerprint density at radius 2 is 1.74 bits per heavy atom. The number of thioether (sulfide) groups is 1. The second kappa shape index (κ2) is 9.37. The van der Waals surface area contributed by atoms with Crippen LogP contribution in [0.2, 0.25) is 0 Å². The van der Waals surface area contributed by atoms with Crippen LogP contribution >= 0.6 is 11.8 Å². The fraction of sp³-hybridized carbons (Fsp3) is 0.286. The van der Waals surface area contributed by atoms with Crippen LogP contribution < -0.4 is 5.32 Å². The van der Waals surface area contributed by atoms with Crippen LogP contribution in [-0.2, 0) is 17.8 Å². The van der Waals surface area contributed by atoms with E-state index in [9.17, 15) is 4.79 Å². The second-order valence-corrected chi connectivity index (χ2v) is 7.24. The number of hydrogen-bond acceptors (Lipinski definition) is 4. The van der Waals surface area contributed by atoms with Crippen LogP contribution in [0.4, 0.5) is 0 Å². The molecule has 1 heterocycles. The molecule has 27 heavy (non-hydrogen) atoms. The largest absolute Gasteiger partial charge is 0.349 e. The Hall–Kier alpha value is -2.60. The highest BCUT2D eigenvalue weighted by molar-refractivity contribution is 7.99. The number of aromatic nitrogens is 3. The monoisotopic (exact) mass is 380 g/mol. The van der Waals surface area contributed by atoms with Crippen molar-refractivity contribution in [2.75, 3.05) is 5.75 Å². The van der Waals surface area contributed by atoms with Crippen molar-refractivity contribution in [3.8, 4) is 0 Å². The third kappa shape index (κ3) is 5.20. The molecule has 0 aliphatic heterocycles. The summed E-state index contributed by atoms with van der Waals surface area (Å²) < 4.78 is 2.07. The summed E-state index contributed by atoms with van der Waals surface area (Å²) in [5.41, 5.74) is 2.29. The summed E-state index contributed by atoms with van der Waals surface area (Å²) in [6.45, 7) is 4.84. The SMILES string of the molecule is CCn1c(Cc2ccccc2)nnc1SCC(=O)N[C@H](C)c1ccccc1. The molecule has 0 unspecified atom stereocenters. The molecule has 140 valence electrons. The van der Waals surface area contributed by atoms with E-state index < -0.39 is 0 Å². The number of nitrogens with zero attached hydrogens (tertiary/aromatic N) is 3. The lowest BCUT2D eigenvalue weighted by Gasteiger charge is -2.14. The molecule has 1 N–H and O–H groups in total. The first-order valence-electron chi connectivity index (χ1n) is 9.10. The van der Waals surface area contributed by atoms with E-state index in [2.05, 4.69) is 39.1 Å². The predicted octanol–water partition coefficient (Wildman–Crippen LogP) is 3.86. The minimum Gasteiger partial charge on any atom is -0.349 e. The van der Waals surface area contributed by atoms with E-state index in [-0.39, 0.29) is 11.9 Å². The summed E-state index contributed by atoms with van der Waals surface area (Å²) in [6.07, 6.45) is 0.736. The smallest absolute Gasteiger partial charge is 0.230 e. The molecule has 0 saturated carbocycles. The van der Waals surface area contributed by atoms with Gasteiger partial charge in [-0.3, -0.25) is 4.79 Å². The fourth-order valence-corrected chi connectivity index (χ4v) is 3.72. The molecule has 6 heteroatoms. The second-order valence-electron chi connectivity index (χ2n) is 6.29. The first kappa shape index (κ1) is 19.2. The lowest BCUT2D eigenvalue weighted by molar-refractivity contribution is -0.119. The van der Waals surface area contributed by atoms with Gasteiger partial charge in [0.05, 0.1) is 11.8 Å². The number of carbonyl (C=O) groups excluding carboxylic acids is 1. The Morgan fingerprint density at radius 1 is 1.07 bits per heavy atom. The van der Waals surface area contributed by atoms with Crippen molar-refractivity contribution in [1.82, 2.24) is 20.1 Å². The van der Waals surface area contributed by atoms with E-state index >= 15 is 0 Å². The lowest BCUT2D eigenvalue weighted by Crippen LogP contribution is -2.28. The van der Waals surface area contributed by atoms with Crippen molar-refractivity contribution < 1.29 is 4.79 Å². The summed E-state index contributed by atoms with van der Waals surface area (Å²) in [6, 6.07) is 20.2. The molecule has 1 atom stereocenters. The van der Waals surface area contributed by atoms with Crippen molar-refractivity contribution >= 4 is 17.7 Å². The van der Waals surface area contributed by atoms with Gasteiger partial charge in [0.1, 0.15) is 5.82 Å². The van der Waals surface area contributed by atoms with E-state index in [0.29, 0.717) is 5.75 Å². The highest BCUT2D eigenvalue weighted by Crippen LogP contribution is 2.19. The maximum Gasteiger partial charge on any atom is 0.230 e. The van der Waals surface area contributed by atoms with Gasteiger partial charge >= 0.3 is 0 Å². The normalized spacial score (nSPS) is 11.9. The van der Waals surface area contributed by atoms with E-state index in [4.69, 9.17) is 0 Å². The fourth-order valence-electron chi connectivity index (χ4n) is 2.89. The van der Waals surface area contributed by atoms with Gasteiger partial charge in [-0.15, -0.1) is 10.2 Å². The summed E-state index contributed by atoms with van der Waals surface area (Å²) in [7, 11) is 0. The highest BCUT2D eigenvalue weighted by Gasteiger charge is 2.15. The molecular formula is C21H24N4OS. The van der Waals surface area contributed by atoms with Gasteiger partial charge in [-0.1, -0.05) is 72.4 Å². The van der Waals surface area contributed by atoms with Gasteiger partial charge in [0.2, 0.25) is 5.91 Å². The first-order valence-corrected chi connectivity index (χ1v) is 10.1. The summed E-state index contributed by atoms with van der Waals surface area (Å²) >= 11 is 1.43. The predicted molar refractivity (Wildman–Crippen MR) is 109 cm³/mol. The Morgan fingerprint density at radius 3 is 2.41 bits per heavy atom. The van der Waals surface area contributed by atoms with Gasteiger partial charge in [0.15, 0.2) is 5.16 Å². The number of benzene rings is 2. The van der Waals surface area contributed by atoms with Crippen LogP contribution in [0.15, 0.2) is 65.8 Å². The van der Waals surface area contributed by atoms with E-state index in [1.54, 1.807) is 0 Å². The molecule has 0 radical (unpaired) electrons. The highest BCUT2D eigenvalue weighted by atomic mass is 32.2. The van der Waals surface area contributed by atoms with Crippen LogP contribution in [-0.4, -0.2) is 26.4 Å². The quantitative estimate of drug-likeness (QED) is 0.603. The molecule has 0 saturated heterocycles. The maximum atomic E-state index is 12.3. The van der Waals surface area contributed by atoms with E-state index in [1.807, 2.05) is 55.5 Å². The molecule has 1 amide bonds. The summed E-state index contributed by atoms with van der Waals surface area (Å²) in [5, 5.41) is 12.4. The Labute approximate surface area is 164 Å². The molecule has 0 fully saturated rings. The van der Waals surface area contributed by atoms with Crippen LogP contribution in [0.25, 0.3) is 0 Å². The average molecular weight is 381 g/mol. The Balaban J connectivity index is 1.58. The van der Waals surface area contributed by atoms with Crippen molar-refractivity contribution in [2.45, 2.75) is 38.0 Å². The number of hydrogen-bond donors (Lipinski definition) is 1. The number of carbonyl (C=O) groups is 1. The zero-order valence-corrected chi connectivity index (χ0v) is 16.4. The van der Waals surface area contributed by atoms with Crippen LogP contribution in [0, 0.1) is 0 Å². The summed E-state index contributed by atoms with van der Waals surface area (Å²) in [5.74, 6) is 1.23. The zero-order chi connectivity index (χ0) is 19.1. The van der Waals surface area contributed by atoms with Crippen LogP contribution in [0.5, 0.6) is 0 Å². The number of rotatable bonds is 8. The molecule has 1 aromatic heterocycles. The van der Waals surface area contributed by atoms with Gasteiger partial charge in [0.25, 0.3) is 0 Å². The molecule has 0 aliphatic rings. The molecule has 3 aromatic rings. The molecule has 0 bridgehead atoms. The molecule has 5 nitrogen and oxygen atoms in total. The standard InChI is InChI=1S/C21H24N4OS/c1-3-25-19(14-17-10-6-4-7-11-17)23-24-21(25)27-15-20(26)22-16(2)18-12-8-5-9-13-18/h4-13,16H,3,14-15H2,1-2H3,(H,22,26)/t16-/m1/s1. The van der Waals surface area contributed by atoms with Gasteiger partial charge in [-0.2, -0.15) is 0 Å². The van der Waals surface area contributed by atoms with Gasteiger partial charge < -0.3 is 9.88 Å². The minimum atomic E-state index is -0.0167. The van der Waals surface area contributed by atoms with E-state index in [0.717, 1.165) is 29.5 Å². The topological polar surface area (TPSA) is 59.8 Å². The third-order valence-corrected chi connectivity index (χ3v) is 5.29. The lowest BCUT2D eigenvalue weighted by atomic mass is 10.1. The van der Waals surface area contributed by atoms with E-state index in [1.165, 1.54) is 17.3 Å². The van der Waals surface area contributed by atoms with Gasteiger partial charge in [-0.25, -0.2) is 0 Å². The molecule has 2 aromatic carbocycles. The van der Waals surface area contributed by atoms with Crippen molar-refractivity contribution in [3.05, 3.63) is 77.6 Å². The van der Waals surface area contributed by atoms with Gasteiger partial charge in [-0.05, 0) is 25.0 Å². The van der Waals surface area contributed by atoms with Crippen molar-refractivity contribution in [3.63, 3.8) is 0 Å². The molecule has 3 rings (SSSR count). The molecule has 0 spiro atoms. The molecule has 0 aliphatic carbocycles. The Kier molecular flexibility index (Phi) is 6.65. The van der Waals surface area contributed by atoms with Gasteiger partial charge in [0, 0.05) is 13.0 Å². The zero-order valence-electron chi connectivity index (χ0n) is 15.6. The van der Waals surface area contributed by atoms with Crippen LogP contribution in [0.3, 0.4) is 0 Å². The Bertz CT molecular complexity index is 864. The maximum absolute atomic E-state index is 12.3. The first-order chi connectivity index (χ1) is 13.2.